The average Bonchev–Trinajstić information content (AvgIpc) is 2.92. The Hall–Kier alpha value is -2.33. The smallest absolute Gasteiger partial charge is 0.136 e. The first-order chi connectivity index (χ1) is 10.8. The van der Waals surface area contributed by atoms with E-state index in [4.69, 9.17) is 4.74 Å². The molecule has 1 heterocycles. The number of aliphatic hydroxyl groups is 1. The van der Waals surface area contributed by atoms with Crippen LogP contribution >= 0.6 is 0 Å². The largest absolute Gasteiger partial charge is 0.494 e. The average molecular weight is 296 g/mol. The topological polar surface area (TPSA) is 47.3 Å². The molecule has 3 aromatic rings. The van der Waals surface area contributed by atoms with Gasteiger partial charge in [0.2, 0.25) is 0 Å². The Bertz CT molecular complexity index is 747. The van der Waals surface area contributed by atoms with Gasteiger partial charge >= 0.3 is 0 Å². The Kier molecular flexibility index (Phi) is 4.39. The monoisotopic (exact) mass is 296 g/mol. The lowest BCUT2D eigenvalue weighted by atomic mass is 10.2. The summed E-state index contributed by atoms with van der Waals surface area (Å²) < 4.78 is 7.65. The zero-order valence-electron chi connectivity index (χ0n) is 12.7. The van der Waals surface area contributed by atoms with Crippen LogP contribution in [0.25, 0.3) is 11.0 Å². The molecule has 0 aliphatic carbocycles. The molecule has 4 heteroatoms. The molecule has 0 saturated carbocycles. The summed E-state index contributed by atoms with van der Waals surface area (Å²) in [4.78, 5) is 4.47. The van der Waals surface area contributed by atoms with Crippen LogP contribution in [0.4, 0.5) is 0 Å². The minimum absolute atomic E-state index is 0.0631. The molecule has 2 aromatic carbocycles. The maximum absolute atomic E-state index is 9.54. The number of rotatable bonds is 6. The molecule has 4 nitrogen and oxygen atoms in total. The van der Waals surface area contributed by atoms with Crippen LogP contribution in [0.15, 0.2) is 48.5 Å². The van der Waals surface area contributed by atoms with Crippen LogP contribution in [0.1, 0.15) is 24.7 Å². The maximum atomic E-state index is 9.54. The van der Waals surface area contributed by atoms with Gasteiger partial charge in [-0.25, -0.2) is 4.98 Å². The first-order valence-corrected chi connectivity index (χ1v) is 7.58. The van der Waals surface area contributed by atoms with Crippen LogP contribution in [0.2, 0.25) is 0 Å². The van der Waals surface area contributed by atoms with E-state index in [0.717, 1.165) is 35.4 Å². The molecule has 1 aromatic heterocycles. The second-order valence-electron chi connectivity index (χ2n) is 5.25. The molecule has 0 spiro atoms. The van der Waals surface area contributed by atoms with Crippen molar-refractivity contribution in [2.45, 2.75) is 26.5 Å². The molecule has 22 heavy (non-hydrogen) atoms. The highest BCUT2D eigenvalue weighted by Crippen LogP contribution is 2.19. The zero-order valence-corrected chi connectivity index (χ0v) is 12.7. The lowest BCUT2D eigenvalue weighted by molar-refractivity contribution is 0.267. The summed E-state index contributed by atoms with van der Waals surface area (Å²) in [5.74, 6) is 1.58. The predicted molar refractivity (Wildman–Crippen MR) is 87.0 cm³/mol. The summed E-state index contributed by atoms with van der Waals surface area (Å²) in [5.41, 5.74) is 3.11. The summed E-state index contributed by atoms with van der Waals surface area (Å²) in [7, 11) is 0. The summed E-state index contributed by atoms with van der Waals surface area (Å²) in [6, 6.07) is 16.0. The molecule has 0 bridgehead atoms. The number of nitrogens with zero attached hydrogens (tertiary/aromatic N) is 2. The third-order valence-electron chi connectivity index (χ3n) is 3.61. The normalized spacial score (nSPS) is 11.0. The number of benzene rings is 2. The minimum atomic E-state index is -0.0631. The number of imidazole rings is 1. The third-order valence-corrected chi connectivity index (χ3v) is 3.61. The second-order valence-corrected chi connectivity index (χ2v) is 5.25. The van der Waals surface area contributed by atoms with Crippen molar-refractivity contribution in [2.75, 3.05) is 6.61 Å². The van der Waals surface area contributed by atoms with Crippen molar-refractivity contribution in [3.8, 4) is 5.75 Å². The van der Waals surface area contributed by atoms with E-state index in [1.54, 1.807) is 0 Å². The highest BCUT2D eigenvalue weighted by molar-refractivity contribution is 5.76. The number of hydrogen-bond acceptors (Lipinski definition) is 3. The van der Waals surface area contributed by atoms with Gasteiger partial charge in [-0.15, -0.1) is 0 Å². The van der Waals surface area contributed by atoms with Crippen molar-refractivity contribution in [3.63, 3.8) is 0 Å². The van der Waals surface area contributed by atoms with E-state index in [1.165, 1.54) is 0 Å². The Morgan fingerprint density at radius 3 is 2.59 bits per heavy atom. The van der Waals surface area contributed by atoms with Crippen molar-refractivity contribution >= 4 is 11.0 Å². The molecule has 3 rings (SSSR count). The van der Waals surface area contributed by atoms with E-state index >= 15 is 0 Å². The Labute approximate surface area is 130 Å². The van der Waals surface area contributed by atoms with Crippen LogP contribution in [0.5, 0.6) is 5.75 Å². The van der Waals surface area contributed by atoms with Gasteiger partial charge in [-0.05, 0) is 36.2 Å². The number of para-hydroxylation sites is 2. The van der Waals surface area contributed by atoms with E-state index in [2.05, 4.69) is 28.6 Å². The van der Waals surface area contributed by atoms with Crippen LogP contribution in [-0.2, 0) is 13.2 Å². The molecular weight excluding hydrogens is 276 g/mol. The fourth-order valence-electron chi connectivity index (χ4n) is 2.52. The van der Waals surface area contributed by atoms with Crippen molar-refractivity contribution < 1.29 is 9.84 Å². The minimum Gasteiger partial charge on any atom is -0.494 e. The van der Waals surface area contributed by atoms with Crippen LogP contribution in [0.3, 0.4) is 0 Å². The Morgan fingerprint density at radius 2 is 1.86 bits per heavy atom. The number of ether oxygens (including phenoxy) is 1. The lowest BCUT2D eigenvalue weighted by Gasteiger charge is -2.09. The summed E-state index contributed by atoms with van der Waals surface area (Å²) in [5, 5.41) is 9.54. The van der Waals surface area contributed by atoms with Crippen LogP contribution in [0, 0.1) is 0 Å². The molecule has 114 valence electrons. The number of aromatic nitrogens is 2. The van der Waals surface area contributed by atoms with Crippen molar-refractivity contribution in [3.05, 3.63) is 59.9 Å². The van der Waals surface area contributed by atoms with Gasteiger partial charge in [-0.1, -0.05) is 31.2 Å². The Morgan fingerprint density at radius 1 is 1.09 bits per heavy atom. The molecule has 0 aliphatic heterocycles. The van der Waals surface area contributed by atoms with Gasteiger partial charge in [0.1, 0.15) is 18.2 Å². The van der Waals surface area contributed by atoms with Crippen LogP contribution in [-0.4, -0.2) is 21.3 Å². The molecular formula is C18H20N2O2. The first kappa shape index (κ1) is 14.6. The SMILES string of the molecule is CCCOc1ccc(Cn2c(CO)nc3ccccc32)cc1. The quantitative estimate of drug-likeness (QED) is 0.758. The summed E-state index contributed by atoms with van der Waals surface area (Å²) in [6.45, 7) is 3.45. The van der Waals surface area contributed by atoms with Gasteiger partial charge in [0.25, 0.3) is 0 Å². The molecule has 0 radical (unpaired) electrons. The fourth-order valence-corrected chi connectivity index (χ4v) is 2.52. The van der Waals surface area contributed by atoms with Crippen molar-refractivity contribution in [1.29, 1.82) is 0 Å². The first-order valence-electron chi connectivity index (χ1n) is 7.58. The van der Waals surface area contributed by atoms with E-state index in [9.17, 15) is 5.11 Å². The summed E-state index contributed by atoms with van der Waals surface area (Å²) >= 11 is 0. The number of fused-ring (bicyclic) bond motifs is 1. The molecule has 0 fully saturated rings. The molecule has 0 amide bonds. The van der Waals surface area contributed by atoms with E-state index in [-0.39, 0.29) is 6.61 Å². The van der Waals surface area contributed by atoms with Gasteiger partial charge in [-0.3, -0.25) is 0 Å². The Balaban J connectivity index is 1.86. The predicted octanol–water partition coefficient (Wildman–Crippen LogP) is 3.37. The van der Waals surface area contributed by atoms with Gasteiger partial charge in [0.15, 0.2) is 0 Å². The van der Waals surface area contributed by atoms with E-state index in [0.29, 0.717) is 12.4 Å². The zero-order chi connectivity index (χ0) is 15.4. The standard InChI is InChI=1S/C18H20N2O2/c1-2-11-22-15-9-7-14(8-10-15)12-20-17-6-4-3-5-16(17)19-18(20)13-21/h3-10,21H,2,11-13H2,1H3. The summed E-state index contributed by atoms with van der Waals surface area (Å²) in [6.07, 6.45) is 1.00. The fraction of sp³-hybridized carbons (Fsp3) is 0.278. The van der Waals surface area contributed by atoms with Gasteiger partial charge in [0.05, 0.1) is 17.6 Å². The van der Waals surface area contributed by atoms with Gasteiger partial charge in [0, 0.05) is 6.54 Å². The number of hydrogen-bond donors (Lipinski definition) is 1. The molecule has 0 unspecified atom stereocenters. The third kappa shape index (κ3) is 2.97. The second kappa shape index (κ2) is 6.62. The van der Waals surface area contributed by atoms with E-state index in [1.807, 2.05) is 36.4 Å². The molecule has 0 saturated heterocycles. The highest BCUT2D eigenvalue weighted by Gasteiger charge is 2.09. The molecule has 0 atom stereocenters. The molecule has 1 N–H and O–H groups in total. The molecule has 0 aliphatic rings. The number of aliphatic hydroxyl groups excluding tert-OH is 1. The highest BCUT2D eigenvalue weighted by atomic mass is 16.5. The maximum Gasteiger partial charge on any atom is 0.136 e. The van der Waals surface area contributed by atoms with Crippen LogP contribution < -0.4 is 4.74 Å². The van der Waals surface area contributed by atoms with E-state index < -0.39 is 0 Å². The lowest BCUT2D eigenvalue weighted by Crippen LogP contribution is -2.05. The van der Waals surface area contributed by atoms with Gasteiger partial charge < -0.3 is 14.4 Å². The van der Waals surface area contributed by atoms with Crippen molar-refractivity contribution in [1.82, 2.24) is 9.55 Å². The van der Waals surface area contributed by atoms with Crippen molar-refractivity contribution in [2.24, 2.45) is 0 Å². The van der Waals surface area contributed by atoms with Gasteiger partial charge in [-0.2, -0.15) is 0 Å².